The van der Waals surface area contributed by atoms with Crippen LogP contribution in [0.25, 0.3) is 0 Å². The van der Waals surface area contributed by atoms with E-state index in [9.17, 15) is 24.3 Å². The Morgan fingerprint density at radius 3 is 2.47 bits per heavy atom. The summed E-state index contributed by atoms with van der Waals surface area (Å²) in [5.74, 6) is -2.97. The first-order chi connectivity index (χ1) is 22.7. The lowest BCUT2D eigenvalue weighted by Gasteiger charge is -2.37. The van der Waals surface area contributed by atoms with Crippen molar-refractivity contribution < 1.29 is 33.8 Å². The number of fused-ring (bicyclic) bond motifs is 1. The molecule has 3 heterocycles. The molecule has 1 spiro atoms. The molecule has 2 bridgehead atoms. The number of rotatable bonds is 19. The van der Waals surface area contributed by atoms with Gasteiger partial charge >= 0.3 is 5.97 Å². The Kier molecular flexibility index (Phi) is 12.6. The van der Waals surface area contributed by atoms with Gasteiger partial charge in [0, 0.05) is 50.6 Å². The summed E-state index contributed by atoms with van der Waals surface area (Å²) in [6, 6.07) is 6.88. The molecular formula is C36H52N4O7. The molecule has 3 aliphatic rings. The SMILES string of the molecule is C=CCCC(=O)NC[C@@H](C)OC(=O)[C@@H]1[C@H]2C(=O)N(CCCCCO)[C@H](C(=O)N(CC=C)c3ccc(N(CC)CC)cc3)[C@]23CC[C@H]1O3. The molecule has 11 nitrogen and oxygen atoms in total. The van der Waals surface area contributed by atoms with E-state index in [4.69, 9.17) is 9.47 Å². The first kappa shape index (κ1) is 36.1. The summed E-state index contributed by atoms with van der Waals surface area (Å²) in [6.07, 6.45) is 5.90. The van der Waals surface area contributed by atoms with E-state index >= 15 is 0 Å². The number of aliphatic hydroxyl groups is 1. The molecule has 0 saturated carbocycles. The number of benzene rings is 1. The smallest absolute Gasteiger partial charge is 0.312 e. The van der Waals surface area contributed by atoms with Crippen LogP contribution < -0.4 is 15.1 Å². The van der Waals surface area contributed by atoms with Crippen molar-refractivity contribution in [3.8, 4) is 0 Å². The second-order valence-corrected chi connectivity index (χ2v) is 12.7. The van der Waals surface area contributed by atoms with Crippen molar-refractivity contribution in [3.05, 3.63) is 49.6 Å². The number of carbonyl (C=O) groups excluding carboxylic acids is 4. The van der Waals surface area contributed by atoms with Crippen LogP contribution in [0.3, 0.4) is 0 Å². The number of hydrogen-bond donors (Lipinski definition) is 2. The highest BCUT2D eigenvalue weighted by Crippen LogP contribution is 2.59. The Hall–Kier alpha value is -3.70. The predicted octanol–water partition coefficient (Wildman–Crippen LogP) is 3.60. The molecular weight excluding hydrogens is 600 g/mol. The Bertz CT molecular complexity index is 1280. The summed E-state index contributed by atoms with van der Waals surface area (Å²) >= 11 is 0. The number of nitrogens with one attached hydrogen (secondary N) is 1. The normalized spacial score (nSPS) is 24.9. The molecule has 0 aromatic heterocycles. The second-order valence-electron chi connectivity index (χ2n) is 12.7. The molecule has 1 aromatic rings. The monoisotopic (exact) mass is 652 g/mol. The molecule has 258 valence electrons. The summed E-state index contributed by atoms with van der Waals surface area (Å²) in [7, 11) is 0. The molecule has 3 fully saturated rings. The Morgan fingerprint density at radius 1 is 1.13 bits per heavy atom. The fourth-order valence-corrected chi connectivity index (χ4v) is 7.44. The number of allylic oxidation sites excluding steroid dienone is 1. The van der Waals surface area contributed by atoms with E-state index in [1.165, 1.54) is 0 Å². The lowest BCUT2D eigenvalue weighted by molar-refractivity contribution is -0.159. The Morgan fingerprint density at radius 2 is 1.83 bits per heavy atom. The third kappa shape index (κ3) is 7.56. The number of likely N-dealkylation sites (tertiary alicyclic amines) is 1. The maximum absolute atomic E-state index is 14.7. The van der Waals surface area contributed by atoms with Gasteiger partial charge in [0.2, 0.25) is 11.8 Å². The minimum Gasteiger partial charge on any atom is -0.460 e. The van der Waals surface area contributed by atoms with Crippen LogP contribution in [0.5, 0.6) is 0 Å². The largest absolute Gasteiger partial charge is 0.460 e. The Balaban J connectivity index is 1.60. The number of esters is 1. The van der Waals surface area contributed by atoms with Gasteiger partial charge in [0.25, 0.3) is 5.91 Å². The summed E-state index contributed by atoms with van der Waals surface area (Å²) in [5, 5.41) is 12.1. The van der Waals surface area contributed by atoms with E-state index in [2.05, 4.69) is 37.2 Å². The number of aliphatic hydroxyl groups excluding tert-OH is 1. The average molecular weight is 653 g/mol. The third-order valence-corrected chi connectivity index (χ3v) is 9.71. The van der Waals surface area contributed by atoms with E-state index in [1.54, 1.807) is 28.9 Å². The van der Waals surface area contributed by atoms with Gasteiger partial charge < -0.3 is 34.6 Å². The van der Waals surface area contributed by atoms with Crippen molar-refractivity contribution in [2.24, 2.45) is 11.8 Å². The third-order valence-electron chi connectivity index (χ3n) is 9.71. The number of amides is 3. The van der Waals surface area contributed by atoms with Gasteiger partial charge in [-0.25, -0.2) is 0 Å². The van der Waals surface area contributed by atoms with Crippen LogP contribution in [0, 0.1) is 11.8 Å². The lowest BCUT2D eigenvalue weighted by Crippen LogP contribution is -2.56. The molecule has 3 amide bonds. The maximum atomic E-state index is 14.7. The van der Waals surface area contributed by atoms with Crippen molar-refractivity contribution >= 4 is 35.1 Å². The van der Waals surface area contributed by atoms with Gasteiger partial charge in [-0.15, -0.1) is 13.2 Å². The second kappa shape index (κ2) is 16.4. The van der Waals surface area contributed by atoms with Crippen LogP contribution in [0.4, 0.5) is 11.4 Å². The van der Waals surface area contributed by atoms with Crippen LogP contribution in [0.2, 0.25) is 0 Å². The van der Waals surface area contributed by atoms with E-state index in [1.807, 2.05) is 24.3 Å². The van der Waals surface area contributed by atoms with Crippen molar-refractivity contribution in [2.75, 3.05) is 49.1 Å². The van der Waals surface area contributed by atoms with Crippen molar-refractivity contribution in [3.63, 3.8) is 0 Å². The number of nitrogens with zero attached hydrogens (tertiary/aromatic N) is 3. The standard InChI is InChI=1S/C36H52N4O7/c1-6-10-14-29(42)37-24-25(5)46-35(45)30-28-19-20-36(47-28)31(30)33(43)40(22-12-11-13-23-41)32(36)34(44)39(21-7-2)27-17-15-26(16-18-27)38(8-3)9-4/h6-7,15-18,25,28,30-32,41H,1-2,8-14,19-24H2,3-5H3,(H,37,42)/t25-,28-,30+,31+,32-,36+/m1/s1. The van der Waals surface area contributed by atoms with Crippen molar-refractivity contribution in [1.82, 2.24) is 10.2 Å². The van der Waals surface area contributed by atoms with Gasteiger partial charge in [-0.3, -0.25) is 19.2 Å². The molecule has 3 saturated heterocycles. The van der Waals surface area contributed by atoms with Gasteiger partial charge in [-0.2, -0.15) is 0 Å². The molecule has 2 N–H and O–H groups in total. The number of unbranched alkanes of at least 4 members (excludes halogenated alkanes) is 2. The number of anilines is 2. The average Bonchev–Trinajstić information content (AvgIpc) is 3.71. The maximum Gasteiger partial charge on any atom is 0.312 e. The van der Waals surface area contributed by atoms with Crippen molar-refractivity contribution in [2.45, 2.75) is 89.6 Å². The summed E-state index contributed by atoms with van der Waals surface area (Å²) in [5.41, 5.74) is 0.572. The van der Waals surface area contributed by atoms with Gasteiger partial charge in [-0.1, -0.05) is 12.2 Å². The summed E-state index contributed by atoms with van der Waals surface area (Å²) in [4.78, 5) is 60.2. The highest BCUT2D eigenvalue weighted by atomic mass is 16.6. The van der Waals surface area contributed by atoms with E-state index in [0.29, 0.717) is 57.2 Å². The van der Waals surface area contributed by atoms with Gasteiger partial charge in [0.1, 0.15) is 17.7 Å². The predicted molar refractivity (Wildman–Crippen MR) is 181 cm³/mol. The molecule has 4 rings (SSSR count). The zero-order chi connectivity index (χ0) is 34.1. The minimum absolute atomic E-state index is 0.0467. The summed E-state index contributed by atoms with van der Waals surface area (Å²) in [6.45, 7) is 15.9. The van der Waals surface area contributed by atoms with Gasteiger partial charge in [-0.05, 0) is 83.6 Å². The molecule has 0 radical (unpaired) electrons. The first-order valence-electron chi connectivity index (χ1n) is 17.1. The van der Waals surface area contributed by atoms with Crippen molar-refractivity contribution in [1.29, 1.82) is 0 Å². The van der Waals surface area contributed by atoms with Crippen LogP contribution in [0.1, 0.15) is 65.7 Å². The highest BCUT2D eigenvalue weighted by Gasteiger charge is 2.75. The van der Waals surface area contributed by atoms with Gasteiger partial charge in [0.05, 0.1) is 24.5 Å². The highest BCUT2D eigenvalue weighted by molar-refractivity contribution is 6.04. The molecule has 47 heavy (non-hydrogen) atoms. The molecule has 0 unspecified atom stereocenters. The fraction of sp³-hybridized carbons (Fsp3) is 0.611. The molecule has 1 aromatic carbocycles. The minimum atomic E-state index is -1.16. The van der Waals surface area contributed by atoms with Gasteiger partial charge in [0.15, 0.2) is 0 Å². The van der Waals surface area contributed by atoms with E-state index in [-0.39, 0.29) is 37.4 Å². The fourth-order valence-electron chi connectivity index (χ4n) is 7.44. The topological polar surface area (TPSA) is 129 Å². The molecule has 3 aliphatic heterocycles. The van der Waals surface area contributed by atoms with Crippen LogP contribution >= 0.6 is 0 Å². The first-order valence-corrected chi connectivity index (χ1v) is 17.1. The Labute approximate surface area is 278 Å². The number of ether oxygens (including phenoxy) is 2. The number of carbonyl (C=O) groups is 4. The molecule has 0 aliphatic carbocycles. The van der Waals surface area contributed by atoms with E-state index in [0.717, 1.165) is 18.8 Å². The quantitative estimate of drug-likeness (QED) is 0.132. The summed E-state index contributed by atoms with van der Waals surface area (Å²) < 4.78 is 12.4. The zero-order valence-electron chi connectivity index (χ0n) is 28.2. The molecule has 11 heteroatoms. The van der Waals surface area contributed by atoms with E-state index < -0.39 is 41.7 Å². The lowest BCUT2D eigenvalue weighted by atomic mass is 9.70. The van der Waals surface area contributed by atoms with Crippen LogP contribution in [-0.2, 0) is 28.7 Å². The molecule has 6 atom stereocenters. The van der Waals surface area contributed by atoms with Crippen LogP contribution in [-0.4, -0.2) is 96.9 Å². The number of hydrogen-bond acceptors (Lipinski definition) is 8. The zero-order valence-corrected chi connectivity index (χ0v) is 28.2. The van der Waals surface area contributed by atoms with Crippen LogP contribution in [0.15, 0.2) is 49.6 Å².